The number of alkyl halides is 1. The molecule has 114 valence electrons. The van der Waals surface area contributed by atoms with Crippen molar-refractivity contribution in [2.45, 2.75) is 45.6 Å². The molecule has 0 saturated carbocycles. The van der Waals surface area contributed by atoms with Crippen LogP contribution in [0.25, 0.3) is 0 Å². The summed E-state index contributed by atoms with van der Waals surface area (Å²) in [6, 6.07) is 8.81. The summed E-state index contributed by atoms with van der Waals surface area (Å²) in [5.41, 5.74) is 2.38. The van der Waals surface area contributed by atoms with Gasteiger partial charge in [-0.1, -0.05) is 67.6 Å². The van der Waals surface area contributed by atoms with E-state index in [1.807, 2.05) is 0 Å². The molecular formula is C17H27IO2. The van der Waals surface area contributed by atoms with Crippen LogP contribution in [0.4, 0.5) is 0 Å². The Morgan fingerprint density at radius 2 is 1.75 bits per heavy atom. The zero-order chi connectivity index (χ0) is 15.0. The fourth-order valence-corrected chi connectivity index (χ4v) is 2.65. The third-order valence-corrected chi connectivity index (χ3v) is 4.90. The van der Waals surface area contributed by atoms with E-state index in [1.54, 1.807) is 0 Å². The molecule has 1 unspecified atom stereocenters. The first kappa shape index (κ1) is 17.9. The fraction of sp³-hybridized carbons (Fsp3) is 0.647. The first-order valence-electron chi connectivity index (χ1n) is 7.41. The molecule has 1 aromatic carbocycles. The number of benzene rings is 1. The second-order valence-electron chi connectivity index (χ2n) is 5.60. The maximum absolute atomic E-state index is 6.08. The first-order chi connectivity index (χ1) is 9.53. The van der Waals surface area contributed by atoms with Crippen molar-refractivity contribution >= 4 is 22.6 Å². The Labute approximate surface area is 137 Å². The second kappa shape index (κ2) is 9.00. The highest BCUT2D eigenvalue weighted by Crippen LogP contribution is 2.29. The van der Waals surface area contributed by atoms with E-state index in [0.29, 0.717) is 19.1 Å². The summed E-state index contributed by atoms with van der Waals surface area (Å²) in [5, 5.41) is 0. The standard InChI is InChI=1S/C17H27IO2/c1-5-10-19-11-12-20-17(4,13-18)16-8-6-15(7-9-16)14(2)3/h6-9,14H,5,10-13H2,1-4H3. The summed E-state index contributed by atoms with van der Waals surface area (Å²) >= 11 is 2.39. The molecule has 2 nitrogen and oxygen atoms in total. The molecular weight excluding hydrogens is 363 g/mol. The number of halogens is 1. The lowest BCUT2D eigenvalue weighted by atomic mass is 9.94. The Kier molecular flexibility index (Phi) is 8.07. The highest BCUT2D eigenvalue weighted by molar-refractivity contribution is 14.1. The van der Waals surface area contributed by atoms with Gasteiger partial charge in [0.2, 0.25) is 0 Å². The van der Waals surface area contributed by atoms with Gasteiger partial charge in [0.25, 0.3) is 0 Å². The van der Waals surface area contributed by atoms with Gasteiger partial charge in [0.15, 0.2) is 0 Å². The van der Waals surface area contributed by atoms with Gasteiger partial charge in [-0.3, -0.25) is 0 Å². The zero-order valence-electron chi connectivity index (χ0n) is 13.1. The molecule has 0 fully saturated rings. The quantitative estimate of drug-likeness (QED) is 0.339. The summed E-state index contributed by atoms with van der Waals surface area (Å²) in [6.07, 6.45) is 1.06. The average molecular weight is 390 g/mol. The van der Waals surface area contributed by atoms with E-state index >= 15 is 0 Å². The first-order valence-corrected chi connectivity index (χ1v) is 8.94. The van der Waals surface area contributed by atoms with Crippen molar-refractivity contribution in [1.29, 1.82) is 0 Å². The summed E-state index contributed by atoms with van der Waals surface area (Å²) in [5.74, 6) is 0.568. The second-order valence-corrected chi connectivity index (χ2v) is 6.36. The maximum Gasteiger partial charge on any atom is 0.0993 e. The molecule has 1 rings (SSSR count). The number of hydrogen-bond donors (Lipinski definition) is 0. The topological polar surface area (TPSA) is 18.5 Å². The molecule has 0 aliphatic rings. The largest absolute Gasteiger partial charge is 0.379 e. The van der Waals surface area contributed by atoms with Crippen LogP contribution in [0.1, 0.15) is 51.2 Å². The van der Waals surface area contributed by atoms with Crippen molar-refractivity contribution < 1.29 is 9.47 Å². The Balaban J connectivity index is 2.62. The van der Waals surface area contributed by atoms with Gasteiger partial charge in [-0.05, 0) is 30.4 Å². The molecule has 0 spiro atoms. The minimum absolute atomic E-state index is 0.231. The Bertz CT molecular complexity index is 375. The van der Waals surface area contributed by atoms with Crippen molar-refractivity contribution in [3.05, 3.63) is 35.4 Å². The minimum atomic E-state index is -0.231. The lowest BCUT2D eigenvalue weighted by molar-refractivity contribution is -0.0447. The predicted octanol–water partition coefficient (Wildman–Crippen LogP) is 4.90. The van der Waals surface area contributed by atoms with Gasteiger partial charge >= 0.3 is 0 Å². The van der Waals surface area contributed by atoms with E-state index in [9.17, 15) is 0 Å². The summed E-state index contributed by atoms with van der Waals surface area (Å²) in [4.78, 5) is 0. The van der Waals surface area contributed by atoms with Crippen LogP contribution in [0.2, 0.25) is 0 Å². The molecule has 0 radical (unpaired) electrons. The van der Waals surface area contributed by atoms with E-state index < -0.39 is 0 Å². The van der Waals surface area contributed by atoms with E-state index in [-0.39, 0.29) is 5.60 Å². The molecule has 0 aromatic heterocycles. The molecule has 0 saturated heterocycles. The average Bonchev–Trinajstić information content (AvgIpc) is 2.47. The van der Waals surface area contributed by atoms with E-state index in [1.165, 1.54) is 11.1 Å². The summed E-state index contributed by atoms with van der Waals surface area (Å²) in [6.45, 7) is 10.8. The molecule has 3 heteroatoms. The Morgan fingerprint density at radius 1 is 1.10 bits per heavy atom. The van der Waals surface area contributed by atoms with Crippen LogP contribution < -0.4 is 0 Å². The molecule has 0 aliphatic carbocycles. The Morgan fingerprint density at radius 3 is 2.25 bits per heavy atom. The summed E-state index contributed by atoms with van der Waals surface area (Å²) < 4.78 is 12.5. The molecule has 0 heterocycles. The van der Waals surface area contributed by atoms with Crippen LogP contribution in [0.3, 0.4) is 0 Å². The SMILES string of the molecule is CCCOCCOC(C)(CI)c1ccc(C(C)C)cc1. The zero-order valence-corrected chi connectivity index (χ0v) is 15.3. The van der Waals surface area contributed by atoms with E-state index in [2.05, 4.69) is 74.6 Å². The van der Waals surface area contributed by atoms with E-state index in [0.717, 1.165) is 17.5 Å². The van der Waals surface area contributed by atoms with Crippen LogP contribution in [-0.2, 0) is 15.1 Å². The van der Waals surface area contributed by atoms with Gasteiger partial charge in [-0.2, -0.15) is 0 Å². The third-order valence-electron chi connectivity index (χ3n) is 3.44. The van der Waals surface area contributed by atoms with Gasteiger partial charge in [0, 0.05) is 11.0 Å². The van der Waals surface area contributed by atoms with Crippen LogP contribution in [0.15, 0.2) is 24.3 Å². The molecule has 0 amide bonds. The van der Waals surface area contributed by atoms with Gasteiger partial charge in [0.05, 0.1) is 18.8 Å². The fourth-order valence-electron chi connectivity index (χ4n) is 1.99. The van der Waals surface area contributed by atoms with Gasteiger partial charge < -0.3 is 9.47 Å². The van der Waals surface area contributed by atoms with Gasteiger partial charge in [0.1, 0.15) is 0 Å². The third kappa shape index (κ3) is 5.34. The normalized spacial score (nSPS) is 14.5. The molecule has 1 atom stereocenters. The smallest absolute Gasteiger partial charge is 0.0993 e. The summed E-state index contributed by atoms with van der Waals surface area (Å²) in [7, 11) is 0. The van der Waals surface area contributed by atoms with Crippen molar-refractivity contribution in [1.82, 2.24) is 0 Å². The van der Waals surface area contributed by atoms with Crippen LogP contribution in [0, 0.1) is 0 Å². The highest BCUT2D eigenvalue weighted by atomic mass is 127. The van der Waals surface area contributed by atoms with Gasteiger partial charge in [-0.15, -0.1) is 0 Å². The molecule has 0 aliphatic heterocycles. The lowest BCUT2D eigenvalue weighted by Crippen LogP contribution is -2.29. The van der Waals surface area contributed by atoms with Crippen molar-refractivity contribution in [2.75, 3.05) is 24.2 Å². The van der Waals surface area contributed by atoms with E-state index in [4.69, 9.17) is 9.47 Å². The number of rotatable bonds is 9. The maximum atomic E-state index is 6.08. The van der Waals surface area contributed by atoms with Gasteiger partial charge in [-0.25, -0.2) is 0 Å². The monoisotopic (exact) mass is 390 g/mol. The highest BCUT2D eigenvalue weighted by Gasteiger charge is 2.26. The lowest BCUT2D eigenvalue weighted by Gasteiger charge is -2.29. The van der Waals surface area contributed by atoms with Crippen molar-refractivity contribution in [2.24, 2.45) is 0 Å². The van der Waals surface area contributed by atoms with Crippen molar-refractivity contribution in [3.8, 4) is 0 Å². The number of hydrogen-bond acceptors (Lipinski definition) is 2. The van der Waals surface area contributed by atoms with Crippen LogP contribution >= 0.6 is 22.6 Å². The predicted molar refractivity (Wildman–Crippen MR) is 93.8 cm³/mol. The van der Waals surface area contributed by atoms with Crippen LogP contribution in [-0.4, -0.2) is 24.2 Å². The minimum Gasteiger partial charge on any atom is -0.379 e. The Hall–Kier alpha value is -0.130. The van der Waals surface area contributed by atoms with Crippen LogP contribution in [0.5, 0.6) is 0 Å². The molecule has 20 heavy (non-hydrogen) atoms. The molecule has 1 aromatic rings. The molecule has 0 N–H and O–H groups in total. The van der Waals surface area contributed by atoms with Crippen molar-refractivity contribution in [3.63, 3.8) is 0 Å². The molecule has 0 bridgehead atoms. The number of ether oxygens (including phenoxy) is 2.